The van der Waals surface area contributed by atoms with Gasteiger partial charge in [0.05, 0.1) is 6.54 Å². The van der Waals surface area contributed by atoms with Gasteiger partial charge in [0.25, 0.3) is 0 Å². The normalized spacial score (nSPS) is 20.2. The lowest BCUT2D eigenvalue weighted by molar-refractivity contribution is -0.118. The van der Waals surface area contributed by atoms with Gasteiger partial charge in [0.1, 0.15) is 0 Å². The second kappa shape index (κ2) is 6.93. The van der Waals surface area contributed by atoms with Gasteiger partial charge in [-0.1, -0.05) is 6.07 Å². The summed E-state index contributed by atoms with van der Waals surface area (Å²) in [5, 5.41) is 6.30. The summed E-state index contributed by atoms with van der Waals surface area (Å²) >= 11 is 1.68. The molecule has 2 N–H and O–H groups in total. The summed E-state index contributed by atoms with van der Waals surface area (Å²) in [7, 11) is 0. The molecule has 1 aliphatic heterocycles. The molecule has 1 heterocycles. The van der Waals surface area contributed by atoms with E-state index < -0.39 is 0 Å². The number of anilines is 1. The predicted molar refractivity (Wildman–Crippen MR) is 80.8 cm³/mol. The molecule has 1 fully saturated rings. The van der Waals surface area contributed by atoms with Crippen molar-refractivity contribution in [2.24, 2.45) is 0 Å². The first-order valence-corrected chi connectivity index (χ1v) is 7.80. The van der Waals surface area contributed by atoms with Gasteiger partial charge in [-0.05, 0) is 31.4 Å². The van der Waals surface area contributed by atoms with E-state index in [1.165, 1.54) is 0 Å². The average molecular weight is 279 g/mol. The Balaban J connectivity index is 1.89. The van der Waals surface area contributed by atoms with Crippen LogP contribution in [0.2, 0.25) is 0 Å². The molecule has 1 amide bonds. The molecule has 0 aliphatic carbocycles. The molecule has 1 aromatic carbocycles. The standard InChI is InChI=1S/C14H21N3OS/c1-11-9-15-6-7-17(11)10-14(18)16-12-4-3-5-13(8-12)19-2/h3-5,8,11,15H,6-7,9-10H2,1-2H3,(H,16,18)/t11-/m0/s1. The van der Waals surface area contributed by atoms with Crippen LogP contribution in [0.15, 0.2) is 29.2 Å². The van der Waals surface area contributed by atoms with Gasteiger partial charge in [-0.15, -0.1) is 11.8 Å². The highest BCUT2D eigenvalue weighted by molar-refractivity contribution is 7.98. The van der Waals surface area contributed by atoms with Gasteiger partial charge in [-0.25, -0.2) is 0 Å². The smallest absolute Gasteiger partial charge is 0.238 e. The summed E-state index contributed by atoms with van der Waals surface area (Å²) in [6.45, 7) is 5.45. The topological polar surface area (TPSA) is 44.4 Å². The third kappa shape index (κ3) is 4.23. The van der Waals surface area contributed by atoms with Crippen molar-refractivity contribution in [3.05, 3.63) is 24.3 Å². The van der Waals surface area contributed by atoms with Gasteiger partial charge in [0.15, 0.2) is 0 Å². The Hall–Kier alpha value is -1.04. The van der Waals surface area contributed by atoms with Gasteiger partial charge in [-0.3, -0.25) is 9.69 Å². The van der Waals surface area contributed by atoms with Crippen molar-refractivity contribution < 1.29 is 4.79 Å². The van der Waals surface area contributed by atoms with Crippen LogP contribution in [0.25, 0.3) is 0 Å². The fourth-order valence-electron chi connectivity index (χ4n) is 2.20. The van der Waals surface area contributed by atoms with Gasteiger partial charge < -0.3 is 10.6 Å². The zero-order valence-electron chi connectivity index (χ0n) is 11.5. The third-order valence-corrected chi connectivity index (χ3v) is 4.06. The van der Waals surface area contributed by atoms with Crippen LogP contribution < -0.4 is 10.6 Å². The van der Waals surface area contributed by atoms with Crippen molar-refractivity contribution in [1.29, 1.82) is 0 Å². The lowest BCUT2D eigenvalue weighted by atomic mass is 10.2. The van der Waals surface area contributed by atoms with Gasteiger partial charge in [0.2, 0.25) is 5.91 Å². The number of nitrogens with one attached hydrogen (secondary N) is 2. The van der Waals surface area contributed by atoms with E-state index >= 15 is 0 Å². The van der Waals surface area contributed by atoms with Gasteiger partial charge >= 0.3 is 0 Å². The molecule has 1 saturated heterocycles. The minimum Gasteiger partial charge on any atom is -0.325 e. The van der Waals surface area contributed by atoms with E-state index in [1.54, 1.807) is 11.8 Å². The van der Waals surface area contributed by atoms with Crippen LogP contribution in [0, 0.1) is 0 Å². The summed E-state index contributed by atoms with van der Waals surface area (Å²) in [5.74, 6) is 0.0620. The number of rotatable bonds is 4. The summed E-state index contributed by atoms with van der Waals surface area (Å²) < 4.78 is 0. The first-order chi connectivity index (χ1) is 9.19. The monoisotopic (exact) mass is 279 g/mol. The Bertz CT molecular complexity index is 438. The number of benzene rings is 1. The lowest BCUT2D eigenvalue weighted by Gasteiger charge is -2.33. The molecule has 0 bridgehead atoms. The molecule has 4 nitrogen and oxygen atoms in total. The second-order valence-electron chi connectivity index (χ2n) is 4.80. The Morgan fingerprint density at radius 2 is 2.42 bits per heavy atom. The molecular formula is C14H21N3OS. The second-order valence-corrected chi connectivity index (χ2v) is 5.68. The van der Waals surface area contributed by atoms with Crippen molar-refractivity contribution in [1.82, 2.24) is 10.2 Å². The number of thioether (sulfide) groups is 1. The lowest BCUT2D eigenvalue weighted by Crippen LogP contribution is -2.51. The number of hydrogen-bond acceptors (Lipinski definition) is 4. The molecule has 0 radical (unpaired) electrons. The highest BCUT2D eigenvalue weighted by Crippen LogP contribution is 2.18. The number of nitrogens with zero attached hydrogens (tertiary/aromatic N) is 1. The molecule has 1 aromatic rings. The Labute approximate surface area is 118 Å². The van der Waals surface area contributed by atoms with Crippen LogP contribution in [-0.4, -0.2) is 49.3 Å². The molecule has 0 spiro atoms. The summed E-state index contributed by atoms with van der Waals surface area (Å²) in [6, 6.07) is 8.35. The Kier molecular flexibility index (Phi) is 5.24. The van der Waals surface area contributed by atoms with Crippen LogP contribution in [0.1, 0.15) is 6.92 Å². The minimum atomic E-state index is 0.0620. The number of amides is 1. The molecule has 0 unspecified atom stereocenters. The summed E-state index contributed by atoms with van der Waals surface area (Å²) in [5.41, 5.74) is 0.875. The van der Waals surface area contributed by atoms with Crippen molar-refractivity contribution in [2.45, 2.75) is 17.9 Å². The quantitative estimate of drug-likeness (QED) is 0.823. The molecule has 19 heavy (non-hydrogen) atoms. The van der Waals surface area contributed by atoms with E-state index in [0.717, 1.165) is 30.2 Å². The number of carbonyl (C=O) groups excluding carboxylic acids is 1. The molecule has 104 valence electrons. The zero-order chi connectivity index (χ0) is 13.7. The number of carbonyl (C=O) groups is 1. The fraction of sp³-hybridized carbons (Fsp3) is 0.500. The maximum absolute atomic E-state index is 12.0. The number of piperazine rings is 1. The summed E-state index contributed by atoms with van der Waals surface area (Å²) in [6.07, 6.45) is 2.03. The summed E-state index contributed by atoms with van der Waals surface area (Å²) in [4.78, 5) is 15.4. The van der Waals surface area contributed by atoms with Crippen LogP contribution >= 0.6 is 11.8 Å². The Morgan fingerprint density at radius 1 is 1.58 bits per heavy atom. The first-order valence-electron chi connectivity index (χ1n) is 6.57. The molecule has 1 atom stereocenters. The van der Waals surface area contributed by atoms with Crippen LogP contribution in [-0.2, 0) is 4.79 Å². The molecule has 0 aromatic heterocycles. The van der Waals surface area contributed by atoms with Crippen LogP contribution in [0.3, 0.4) is 0 Å². The van der Waals surface area contributed by atoms with E-state index in [4.69, 9.17) is 0 Å². The highest BCUT2D eigenvalue weighted by atomic mass is 32.2. The third-order valence-electron chi connectivity index (χ3n) is 3.34. The molecule has 0 saturated carbocycles. The van der Waals surface area contributed by atoms with E-state index in [1.807, 2.05) is 30.5 Å². The van der Waals surface area contributed by atoms with E-state index in [9.17, 15) is 4.79 Å². The molecular weight excluding hydrogens is 258 g/mol. The van der Waals surface area contributed by atoms with Crippen molar-refractivity contribution >= 4 is 23.4 Å². The molecule has 5 heteroatoms. The van der Waals surface area contributed by atoms with Crippen LogP contribution in [0.4, 0.5) is 5.69 Å². The predicted octanol–water partition coefficient (Wildman–Crippen LogP) is 1.64. The maximum Gasteiger partial charge on any atom is 0.238 e. The average Bonchev–Trinajstić information content (AvgIpc) is 2.41. The molecule has 1 aliphatic rings. The fourth-order valence-corrected chi connectivity index (χ4v) is 2.66. The highest BCUT2D eigenvalue weighted by Gasteiger charge is 2.20. The van der Waals surface area contributed by atoms with Crippen molar-refractivity contribution in [2.75, 3.05) is 37.8 Å². The van der Waals surface area contributed by atoms with E-state index in [0.29, 0.717) is 12.6 Å². The van der Waals surface area contributed by atoms with E-state index in [2.05, 4.69) is 22.5 Å². The number of hydrogen-bond donors (Lipinski definition) is 2. The van der Waals surface area contributed by atoms with Crippen molar-refractivity contribution in [3.8, 4) is 0 Å². The van der Waals surface area contributed by atoms with Crippen LogP contribution in [0.5, 0.6) is 0 Å². The first kappa shape index (κ1) is 14.4. The van der Waals surface area contributed by atoms with Crippen molar-refractivity contribution in [3.63, 3.8) is 0 Å². The van der Waals surface area contributed by atoms with Gasteiger partial charge in [-0.2, -0.15) is 0 Å². The SMILES string of the molecule is CSc1cccc(NC(=O)CN2CCNC[C@@H]2C)c1. The maximum atomic E-state index is 12.0. The largest absolute Gasteiger partial charge is 0.325 e. The molecule has 2 rings (SSSR count). The zero-order valence-corrected chi connectivity index (χ0v) is 12.3. The minimum absolute atomic E-state index is 0.0620. The van der Waals surface area contributed by atoms with E-state index in [-0.39, 0.29) is 5.91 Å². The Morgan fingerprint density at radius 3 is 3.16 bits per heavy atom. The van der Waals surface area contributed by atoms with Gasteiger partial charge in [0, 0.05) is 36.3 Å².